The number of rotatable bonds is 7. The highest BCUT2D eigenvalue weighted by atomic mass is 35.5. The molecule has 0 unspecified atom stereocenters. The number of nitrogens with one attached hydrogen (secondary N) is 1. The topological polar surface area (TPSA) is 30.5 Å². The fourth-order valence-electron chi connectivity index (χ4n) is 4.61. The lowest BCUT2D eigenvalue weighted by Gasteiger charge is -2.33. The molecule has 0 saturated heterocycles. The van der Waals surface area contributed by atoms with E-state index in [0.29, 0.717) is 11.6 Å². The third-order valence-corrected chi connectivity index (χ3v) is 6.14. The maximum Gasteiger partial charge on any atom is 0.128 e. The van der Waals surface area contributed by atoms with Crippen LogP contribution in [-0.4, -0.2) is 12.6 Å². The Morgan fingerprint density at radius 1 is 1.03 bits per heavy atom. The van der Waals surface area contributed by atoms with Crippen molar-refractivity contribution in [3.8, 4) is 22.6 Å². The summed E-state index contributed by atoms with van der Waals surface area (Å²) in [5.41, 5.74) is 7.66. The van der Waals surface area contributed by atoms with Gasteiger partial charge in [0.2, 0.25) is 0 Å². The van der Waals surface area contributed by atoms with Gasteiger partial charge < -0.3 is 14.8 Å². The lowest BCUT2D eigenvalue weighted by atomic mass is 9.85. The van der Waals surface area contributed by atoms with Gasteiger partial charge in [0.05, 0.1) is 12.6 Å². The number of methoxy groups -OCH3 is 1. The van der Waals surface area contributed by atoms with E-state index in [4.69, 9.17) is 21.1 Å². The predicted octanol–water partition coefficient (Wildman–Crippen LogP) is 7.93. The molecule has 33 heavy (non-hydrogen) atoms. The van der Waals surface area contributed by atoms with Gasteiger partial charge in [-0.15, -0.1) is 6.58 Å². The SMILES string of the molecule is C=CCc1ccccc1OCc1c(-c2ccc(Cl)cc2OC)ccc2c1C(C)=CC(C)(C)N2. The van der Waals surface area contributed by atoms with Crippen LogP contribution in [0.2, 0.25) is 5.02 Å². The maximum atomic E-state index is 6.43. The van der Waals surface area contributed by atoms with E-state index in [1.54, 1.807) is 7.11 Å². The van der Waals surface area contributed by atoms with Crippen molar-refractivity contribution in [3.05, 3.63) is 95.0 Å². The third-order valence-electron chi connectivity index (χ3n) is 5.90. The lowest BCUT2D eigenvalue weighted by molar-refractivity contribution is 0.303. The average Bonchev–Trinajstić information content (AvgIpc) is 2.77. The fourth-order valence-corrected chi connectivity index (χ4v) is 4.77. The number of benzene rings is 3. The summed E-state index contributed by atoms with van der Waals surface area (Å²) in [6.45, 7) is 10.8. The van der Waals surface area contributed by atoms with Gasteiger partial charge in [0, 0.05) is 27.4 Å². The summed E-state index contributed by atoms with van der Waals surface area (Å²) >= 11 is 6.25. The Labute approximate surface area is 201 Å². The van der Waals surface area contributed by atoms with Crippen LogP contribution in [0.5, 0.6) is 11.5 Å². The first-order chi connectivity index (χ1) is 15.8. The molecule has 1 aliphatic heterocycles. The number of hydrogen-bond acceptors (Lipinski definition) is 3. The predicted molar refractivity (Wildman–Crippen MR) is 139 cm³/mol. The highest BCUT2D eigenvalue weighted by Gasteiger charge is 2.27. The second kappa shape index (κ2) is 9.36. The van der Waals surface area contributed by atoms with Crippen molar-refractivity contribution in [2.75, 3.05) is 12.4 Å². The maximum absolute atomic E-state index is 6.43. The molecule has 0 atom stereocenters. The van der Waals surface area contributed by atoms with Crippen LogP contribution in [0, 0.1) is 0 Å². The Bertz CT molecular complexity index is 1230. The number of anilines is 1. The van der Waals surface area contributed by atoms with Crippen molar-refractivity contribution < 1.29 is 9.47 Å². The minimum atomic E-state index is -0.120. The molecule has 3 aromatic carbocycles. The van der Waals surface area contributed by atoms with E-state index in [1.165, 1.54) is 11.1 Å². The summed E-state index contributed by atoms with van der Waals surface area (Å²) in [7, 11) is 1.67. The molecule has 0 radical (unpaired) electrons. The van der Waals surface area contributed by atoms with Crippen LogP contribution in [0.3, 0.4) is 0 Å². The zero-order valence-corrected chi connectivity index (χ0v) is 20.4. The van der Waals surface area contributed by atoms with E-state index in [2.05, 4.69) is 56.9 Å². The molecule has 3 nitrogen and oxygen atoms in total. The number of halogens is 1. The van der Waals surface area contributed by atoms with Crippen LogP contribution in [-0.2, 0) is 13.0 Å². The minimum Gasteiger partial charge on any atom is -0.496 e. The first-order valence-electron chi connectivity index (χ1n) is 11.1. The second-order valence-corrected chi connectivity index (χ2v) is 9.36. The summed E-state index contributed by atoms with van der Waals surface area (Å²) in [6, 6.07) is 18.2. The molecule has 0 amide bonds. The van der Waals surface area contributed by atoms with Gasteiger partial charge in [-0.3, -0.25) is 0 Å². The monoisotopic (exact) mass is 459 g/mol. The van der Waals surface area contributed by atoms with Crippen molar-refractivity contribution in [1.29, 1.82) is 0 Å². The zero-order valence-electron chi connectivity index (χ0n) is 19.7. The molecule has 170 valence electrons. The van der Waals surface area contributed by atoms with Crippen molar-refractivity contribution >= 4 is 22.9 Å². The van der Waals surface area contributed by atoms with Gasteiger partial charge in [-0.05, 0) is 74.2 Å². The number of para-hydroxylation sites is 1. The summed E-state index contributed by atoms with van der Waals surface area (Å²) in [5.74, 6) is 1.61. The van der Waals surface area contributed by atoms with E-state index >= 15 is 0 Å². The Hall–Kier alpha value is -3.17. The van der Waals surface area contributed by atoms with Gasteiger partial charge in [-0.1, -0.05) is 48.0 Å². The van der Waals surface area contributed by atoms with Crippen LogP contribution >= 0.6 is 11.6 Å². The molecule has 0 aliphatic carbocycles. The summed E-state index contributed by atoms with van der Waals surface area (Å²) < 4.78 is 12.1. The molecule has 1 heterocycles. The molecule has 0 fully saturated rings. The van der Waals surface area contributed by atoms with Gasteiger partial charge >= 0.3 is 0 Å². The van der Waals surface area contributed by atoms with Gasteiger partial charge in [0.1, 0.15) is 18.1 Å². The van der Waals surface area contributed by atoms with Crippen LogP contribution < -0.4 is 14.8 Å². The van der Waals surface area contributed by atoms with E-state index in [9.17, 15) is 0 Å². The molecule has 1 aliphatic rings. The molecule has 0 bridgehead atoms. The van der Waals surface area contributed by atoms with Gasteiger partial charge in [0.25, 0.3) is 0 Å². The standard InChI is InChI=1S/C29H30ClNO2/c1-6-9-20-10-7-8-11-26(20)33-18-24-22(23-13-12-21(30)16-27(23)32-5)14-15-25-28(24)19(2)17-29(3,4)31-25/h6-8,10-17,31H,1,9,18H2,2-5H3. The number of fused-ring (bicyclic) bond motifs is 1. The first-order valence-corrected chi connectivity index (χ1v) is 11.5. The van der Waals surface area contributed by atoms with Crippen molar-refractivity contribution in [3.63, 3.8) is 0 Å². The zero-order chi connectivity index (χ0) is 23.6. The quantitative estimate of drug-likeness (QED) is 0.364. The molecule has 4 rings (SSSR count). The highest BCUT2D eigenvalue weighted by molar-refractivity contribution is 6.30. The Balaban J connectivity index is 1.86. The van der Waals surface area contributed by atoms with E-state index in [0.717, 1.165) is 45.9 Å². The first kappa shape index (κ1) is 23.0. The number of allylic oxidation sites excluding steroid dienone is 2. The normalized spacial score (nSPS) is 14.0. The third kappa shape index (κ3) is 4.79. The number of ether oxygens (including phenoxy) is 2. The van der Waals surface area contributed by atoms with Crippen LogP contribution in [0.4, 0.5) is 5.69 Å². The van der Waals surface area contributed by atoms with Crippen molar-refractivity contribution in [2.24, 2.45) is 0 Å². The number of hydrogen-bond donors (Lipinski definition) is 1. The summed E-state index contributed by atoms with van der Waals surface area (Å²) in [5, 5.41) is 4.30. The average molecular weight is 460 g/mol. The highest BCUT2D eigenvalue weighted by Crippen LogP contribution is 2.43. The van der Waals surface area contributed by atoms with E-state index in [1.807, 2.05) is 42.5 Å². The lowest BCUT2D eigenvalue weighted by Crippen LogP contribution is -2.32. The molecular formula is C29H30ClNO2. The van der Waals surface area contributed by atoms with Gasteiger partial charge in [-0.25, -0.2) is 0 Å². The molecule has 0 saturated carbocycles. The largest absolute Gasteiger partial charge is 0.496 e. The molecule has 3 aromatic rings. The fraction of sp³-hybridized carbons (Fsp3) is 0.241. The molecule has 0 aromatic heterocycles. The van der Waals surface area contributed by atoms with Crippen LogP contribution in [0.15, 0.2) is 73.3 Å². The van der Waals surface area contributed by atoms with Crippen molar-refractivity contribution in [1.82, 2.24) is 0 Å². The Morgan fingerprint density at radius 3 is 2.55 bits per heavy atom. The Kier molecular flexibility index (Phi) is 6.53. The Morgan fingerprint density at radius 2 is 1.79 bits per heavy atom. The molecular weight excluding hydrogens is 430 g/mol. The van der Waals surface area contributed by atoms with Gasteiger partial charge in [-0.2, -0.15) is 0 Å². The summed E-state index contributed by atoms with van der Waals surface area (Å²) in [6.07, 6.45) is 4.93. The van der Waals surface area contributed by atoms with Crippen LogP contribution in [0.25, 0.3) is 16.7 Å². The molecule has 4 heteroatoms. The second-order valence-electron chi connectivity index (χ2n) is 8.92. The van der Waals surface area contributed by atoms with Crippen molar-refractivity contribution in [2.45, 2.75) is 39.3 Å². The summed E-state index contributed by atoms with van der Waals surface area (Å²) in [4.78, 5) is 0. The smallest absolute Gasteiger partial charge is 0.128 e. The molecule has 1 N–H and O–H groups in total. The van der Waals surface area contributed by atoms with E-state index < -0.39 is 0 Å². The van der Waals surface area contributed by atoms with E-state index in [-0.39, 0.29) is 5.54 Å². The van der Waals surface area contributed by atoms with Crippen LogP contribution in [0.1, 0.15) is 37.5 Å². The van der Waals surface area contributed by atoms with Gasteiger partial charge in [0.15, 0.2) is 0 Å². The molecule has 0 spiro atoms. The minimum absolute atomic E-state index is 0.120.